The second-order valence-electron chi connectivity index (χ2n) is 6.08. The van der Waals surface area contributed by atoms with Crippen molar-refractivity contribution in [3.05, 3.63) is 54.1 Å². The number of nitrogens with one attached hydrogen (secondary N) is 2. The summed E-state index contributed by atoms with van der Waals surface area (Å²) in [5.41, 5.74) is 0.716. The van der Waals surface area contributed by atoms with Gasteiger partial charge in [-0.1, -0.05) is 0 Å². The van der Waals surface area contributed by atoms with E-state index in [1.165, 1.54) is 26.0 Å². The molecule has 0 heterocycles. The van der Waals surface area contributed by atoms with E-state index in [9.17, 15) is 26.8 Å². The summed E-state index contributed by atoms with van der Waals surface area (Å²) < 4.78 is 51.7. The van der Waals surface area contributed by atoms with Gasteiger partial charge in [-0.3, -0.25) is 13.9 Å². The first kappa shape index (κ1) is 21.3. The molecule has 0 fully saturated rings. The molecule has 0 radical (unpaired) electrons. The van der Waals surface area contributed by atoms with Gasteiger partial charge in [0, 0.05) is 24.4 Å². The molecule has 0 aliphatic rings. The number of carbonyl (C=O) groups excluding carboxylic acids is 2. The number of amides is 2. The number of anilines is 3. The van der Waals surface area contributed by atoms with Crippen LogP contribution < -0.4 is 14.9 Å². The molecule has 10 heteroatoms. The molecule has 28 heavy (non-hydrogen) atoms. The van der Waals surface area contributed by atoms with Gasteiger partial charge in [-0.25, -0.2) is 17.2 Å². The highest BCUT2D eigenvalue weighted by molar-refractivity contribution is 7.92. The van der Waals surface area contributed by atoms with Crippen LogP contribution in [0, 0.1) is 11.6 Å². The van der Waals surface area contributed by atoms with Crippen molar-refractivity contribution in [2.45, 2.75) is 19.9 Å². The lowest BCUT2D eigenvalue weighted by atomic mass is 10.2. The second kappa shape index (κ2) is 8.34. The molecule has 2 rings (SSSR count). The maximum atomic E-state index is 13.5. The number of nitrogens with zero attached hydrogens (tertiary/aromatic N) is 1. The van der Waals surface area contributed by atoms with E-state index in [1.54, 1.807) is 12.1 Å². The van der Waals surface area contributed by atoms with Gasteiger partial charge in [-0.05, 0) is 43.3 Å². The van der Waals surface area contributed by atoms with Crippen molar-refractivity contribution < 1.29 is 26.8 Å². The monoisotopic (exact) mass is 411 g/mol. The summed E-state index contributed by atoms with van der Waals surface area (Å²) >= 11 is 0. The molecular weight excluding hydrogens is 392 g/mol. The van der Waals surface area contributed by atoms with E-state index in [0.717, 1.165) is 18.4 Å². The van der Waals surface area contributed by atoms with E-state index in [2.05, 4.69) is 10.6 Å². The van der Waals surface area contributed by atoms with Crippen molar-refractivity contribution in [1.82, 2.24) is 0 Å². The van der Waals surface area contributed by atoms with Gasteiger partial charge in [0.15, 0.2) is 11.6 Å². The molecule has 2 aromatic carbocycles. The molecule has 150 valence electrons. The van der Waals surface area contributed by atoms with E-state index >= 15 is 0 Å². The summed E-state index contributed by atoms with van der Waals surface area (Å²) in [6.07, 6.45) is 0.861. The highest BCUT2D eigenvalue weighted by atomic mass is 32.2. The SMILES string of the molecule is CC(=O)Nc1ccc(NC(=O)[C@@H](C)N(c2ccc(F)c(F)c2)S(C)(=O)=O)cc1. The molecule has 2 aromatic rings. The topological polar surface area (TPSA) is 95.6 Å². The maximum Gasteiger partial charge on any atom is 0.247 e. The average Bonchev–Trinajstić information content (AvgIpc) is 2.58. The van der Waals surface area contributed by atoms with Crippen LogP contribution in [-0.4, -0.2) is 32.5 Å². The van der Waals surface area contributed by atoms with Crippen molar-refractivity contribution in [3.63, 3.8) is 0 Å². The van der Waals surface area contributed by atoms with Gasteiger partial charge in [-0.2, -0.15) is 0 Å². The van der Waals surface area contributed by atoms with E-state index < -0.39 is 33.6 Å². The number of carbonyl (C=O) groups is 2. The highest BCUT2D eigenvalue weighted by Gasteiger charge is 2.29. The number of sulfonamides is 1. The fraction of sp³-hybridized carbons (Fsp3) is 0.222. The zero-order chi connectivity index (χ0) is 21.1. The van der Waals surface area contributed by atoms with Crippen LogP contribution in [0.2, 0.25) is 0 Å². The summed E-state index contributed by atoms with van der Waals surface area (Å²) in [6.45, 7) is 2.68. The Bertz CT molecular complexity index is 994. The van der Waals surface area contributed by atoms with Crippen LogP contribution in [0.25, 0.3) is 0 Å². The first-order chi connectivity index (χ1) is 13.0. The van der Waals surface area contributed by atoms with Gasteiger partial charge >= 0.3 is 0 Å². The second-order valence-corrected chi connectivity index (χ2v) is 7.94. The van der Waals surface area contributed by atoms with Gasteiger partial charge in [-0.15, -0.1) is 0 Å². The normalized spacial score (nSPS) is 12.2. The van der Waals surface area contributed by atoms with Crippen molar-refractivity contribution >= 4 is 38.9 Å². The Balaban J connectivity index is 2.24. The molecule has 0 bridgehead atoms. The van der Waals surface area contributed by atoms with Gasteiger partial charge in [0.25, 0.3) is 0 Å². The van der Waals surface area contributed by atoms with Crippen LogP contribution in [0.5, 0.6) is 0 Å². The Morgan fingerprint density at radius 3 is 1.96 bits per heavy atom. The molecule has 2 N–H and O–H groups in total. The number of hydrogen-bond donors (Lipinski definition) is 2. The molecule has 0 saturated heterocycles. The first-order valence-corrected chi connectivity index (χ1v) is 9.97. The lowest BCUT2D eigenvalue weighted by Crippen LogP contribution is -2.45. The molecule has 0 unspecified atom stereocenters. The minimum atomic E-state index is -3.97. The molecule has 0 aliphatic heterocycles. The number of hydrogen-bond acceptors (Lipinski definition) is 4. The van der Waals surface area contributed by atoms with Crippen molar-refractivity contribution in [2.75, 3.05) is 21.2 Å². The summed E-state index contributed by atoms with van der Waals surface area (Å²) in [7, 11) is -3.97. The molecule has 1 atom stereocenters. The van der Waals surface area contributed by atoms with E-state index in [-0.39, 0.29) is 11.6 Å². The predicted molar refractivity (Wildman–Crippen MR) is 103 cm³/mol. The number of halogens is 2. The van der Waals surface area contributed by atoms with Crippen LogP contribution >= 0.6 is 0 Å². The minimum absolute atomic E-state index is 0.176. The van der Waals surface area contributed by atoms with Crippen LogP contribution in [0.1, 0.15) is 13.8 Å². The van der Waals surface area contributed by atoms with Crippen LogP contribution in [-0.2, 0) is 19.6 Å². The third kappa shape index (κ3) is 5.26. The third-order valence-electron chi connectivity index (χ3n) is 3.72. The number of benzene rings is 2. The summed E-state index contributed by atoms with van der Waals surface area (Å²) in [5.74, 6) is -3.29. The fourth-order valence-corrected chi connectivity index (χ4v) is 3.68. The quantitative estimate of drug-likeness (QED) is 0.764. The van der Waals surface area contributed by atoms with E-state index in [4.69, 9.17) is 0 Å². The molecule has 2 amide bonds. The number of rotatable bonds is 6. The zero-order valence-electron chi connectivity index (χ0n) is 15.4. The lowest BCUT2D eigenvalue weighted by molar-refractivity contribution is -0.117. The standard InChI is InChI=1S/C18H19F2N3O4S/c1-11(18(25)22-14-6-4-13(5-7-14)21-12(2)24)23(28(3,26)27)15-8-9-16(19)17(20)10-15/h4-11H,1-3H3,(H,21,24)(H,22,25)/t11-/m1/s1. The van der Waals surface area contributed by atoms with Gasteiger partial charge in [0.2, 0.25) is 21.8 Å². The van der Waals surface area contributed by atoms with E-state index in [0.29, 0.717) is 21.7 Å². The zero-order valence-corrected chi connectivity index (χ0v) is 16.2. The fourth-order valence-electron chi connectivity index (χ4n) is 2.52. The van der Waals surface area contributed by atoms with Crippen LogP contribution in [0.3, 0.4) is 0 Å². The van der Waals surface area contributed by atoms with Gasteiger partial charge in [0.05, 0.1) is 11.9 Å². The Labute approximate surface area is 161 Å². The van der Waals surface area contributed by atoms with Gasteiger partial charge < -0.3 is 10.6 Å². The molecule has 0 aliphatic carbocycles. The maximum absolute atomic E-state index is 13.5. The molecule has 0 spiro atoms. The summed E-state index contributed by atoms with van der Waals surface area (Å²) in [4.78, 5) is 23.6. The Hall–Kier alpha value is -3.01. The molecule has 0 saturated carbocycles. The van der Waals surface area contributed by atoms with Crippen LogP contribution in [0.4, 0.5) is 25.8 Å². The van der Waals surface area contributed by atoms with Crippen LogP contribution in [0.15, 0.2) is 42.5 Å². The average molecular weight is 411 g/mol. The smallest absolute Gasteiger partial charge is 0.247 e. The van der Waals surface area contributed by atoms with Crippen molar-refractivity contribution in [2.24, 2.45) is 0 Å². The molecule has 7 nitrogen and oxygen atoms in total. The first-order valence-electron chi connectivity index (χ1n) is 8.12. The third-order valence-corrected chi connectivity index (χ3v) is 4.96. The molecule has 0 aromatic heterocycles. The largest absolute Gasteiger partial charge is 0.326 e. The Morgan fingerprint density at radius 1 is 0.964 bits per heavy atom. The van der Waals surface area contributed by atoms with Crippen molar-refractivity contribution in [3.8, 4) is 0 Å². The molecular formula is C18H19F2N3O4S. The van der Waals surface area contributed by atoms with Crippen molar-refractivity contribution in [1.29, 1.82) is 0 Å². The Morgan fingerprint density at radius 2 is 1.50 bits per heavy atom. The van der Waals surface area contributed by atoms with Gasteiger partial charge in [0.1, 0.15) is 6.04 Å². The Kier molecular flexibility index (Phi) is 6.34. The highest BCUT2D eigenvalue weighted by Crippen LogP contribution is 2.24. The minimum Gasteiger partial charge on any atom is -0.326 e. The predicted octanol–water partition coefficient (Wildman–Crippen LogP) is 2.72. The summed E-state index contributed by atoms with van der Waals surface area (Å²) in [5, 5.41) is 5.12. The van der Waals surface area contributed by atoms with E-state index in [1.807, 2.05) is 0 Å². The summed E-state index contributed by atoms with van der Waals surface area (Å²) in [6, 6.07) is 7.50. The lowest BCUT2D eigenvalue weighted by Gasteiger charge is -2.28.